The van der Waals surface area contributed by atoms with Crippen LogP contribution in [0.1, 0.15) is 46.0 Å². The Kier molecular flexibility index (Phi) is 7.87. The molecule has 0 unspecified atom stereocenters. The second-order valence-corrected chi connectivity index (χ2v) is 5.51. The summed E-state index contributed by atoms with van der Waals surface area (Å²) in [7, 11) is 0. The first kappa shape index (κ1) is 16.6. The maximum atomic E-state index is 11.9. The van der Waals surface area contributed by atoms with Crippen LogP contribution in [-0.4, -0.2) is 34.8 Å². The van der Waals surface area contributed by atoms with Crippen molar-refractivity contribution >= 4 is 28.3 Å². The maximum Gasteiger partial charge on any atom is 0.245 e. The van der Waals surface area contributed by atoms with E-state index in [4.69, 9.17) is 0 Å². The molecule has 0 aromatic carbocycles. The predicted molar refractivity (Wildman–Crippen MR) is 81.8 cm³/mol. The van der Waals surface area contributed by atoms with E-state index in [0.717, 1.165) is 19.3 Å². The van der Waals surface area contributed by atoms with Crippen LogP contribution in [0.3, 0.4) is 0 Å². The number of amides is 2. The highest BCUT2D eigenvalue weighted by atomic mass is 32.1. The number of carbonyl (C=O) groups is 2. The molecule has 2 amide bonds. The van der Waals surface area contributed by atoms with Gasteiger partial charge in [0, 0.05) is 24.5 Å². The number of aromatic nitrogens is 1. The summed E-state index contributed by atoms with van der Waals surface area (Å²) in [4.78, 5) is 29.4. The highest BCUT2D eigenvalue weighted by Gasteiger charge is 2.15. The van der Waals surface area contributed by atoms with Gasteiger partial charge in [-0.15, -0.1) is 11.3 Å². The fourth-order valence-electron chi connectivity index (χ4n) is 1.86. The van der Waals surface area contributed by atoms with Crippen molar-refractivity contribution in [2.24, 2.45) is 0 Å². The molecule has 0 saturated carbocycles. The van der Waals surface area contributed by atoms with Crippen LogP contribution < -0.4 is 5.32 Å². The van der Waals surface area contributed by atoms with Gasteiger partial charge in [-0.1, -0.05) is 33.1 Å². The Hall–Kier alpha value is -1.43. The van der Waals surface area contributed by atoms with Gasteiger partial charge in [-0.3, -0.25) is 9.59 Å². The van der Waals surface area contributed by atoms with Gasteiger partial charge in [-0.2, -0.15) is 0 Å². The van der Waals surface area contributed by atoms with Crippen LogP contribution in [0.2, 0.25) is 0 Å². The fraction of sp³-hybridized carbons (Fsp3) is 0.643. The molecule has 0 atom stereocenters. The van der Waals surface area contributed by atoms with Crippen LogP contribution in [0, 0.1) is 0 Å². The first-order valence-electron chi connectivity index (χ1n) is 7.14. The average Bonchev–Trinajstić information content (AvgIpc) is 2.94. The maximum absolute atomic E-state index is 11.9. The van der Waals surface area contributed by atoms with Crippen LogP contribution in [0.15, 0.2) is 11.6 Å². The summed E-state index contributed by atoms with van der Waals surface area (Å²) >= 11 is 1.37. The number of carbonyl (C=O) groups excluding carboxylic acids is 2. The van der Waals surface area contributed by atoms with Crippen LogP contribution >= 0.6 is 11.3 Å². The van der Waals surface area contributed by atoms with Gasteiger partial charge >= 0.3 is 0 Å². The van der Waals surface area contributed by atoms with Crippen molar-refractivity contribution < 1.29 is 9.59 Å². The highest BCUT2D eigenvalue weighted by Crippen LogP contribution is 2.10. The van der Waals surface area contributed by atoms with Gasteiger partial charge in [0.15, 0.2) is 5.13 Å². The predicted octanol–water partition coefficient (Wildman–Crippen LogP) is 2.90. The van der Waals surface area contributed by atoms with Gasteiger partial charge in [-0.25, -0.2) is 4.98 Å². The molecule has 1 rings (SSSR count). The minimum atomic E-state index is -0.183. The van der Waals surface area contributed by atoms with Gasteiger partial charge in [0.1, 0.15) is 0 Å². The number of rotatable bonds is 9. The number of anilines is 1. The van der Waals surface area contributed by atoms with E-state index >= 15 is 0 Å². The molecule has 0 aliphatic carbocycles. The third-order valence-electron chi connectivity index (χ3n) is 2.95. The van der Waals surface area contributed by atoms with E-state index in [2.05, 4.69) is 17.2 Å². The van der Waals surface area contributed by atoms with Crippen molar-refractivity contribution in [3.8, 4) is 0 Å². The molecule has 1 N–H and O–H groups in total. The molecular weight excluding hydrogens is 274 g/mol. The van der Waals surface area contributed by atoms with E-state index < -0.39 is 0 Å². The summed E-state index contributed by atoms with van der Waals surface area (Å²) in [5.41, 5.74) is 0. The van der Waals surface area contributed by atoms with Crippen LogP contribution in [0.4, 0.5) is 5.13 Å². The standard InChI is InChI=1S/C14H23N3O2S/c1-3-5-6-7-9-17(13(19)4-2)11-12(18)16-14-15-8-10-20-14/h8,10H,3-7,9,11H2,1-2H3,(H,15,16,18). The van der Waals surface area contributed by atoms with Gasteiger partial charge < -0.3 is 10.2 Å². The van der Waals surface area contributed by atoms with Crippen molar-refractivity contribution in [3.63, 3.8) is 0 Å². The largest absolute Gasteiger partial charge is 0.333 e. The lowest BCUT2D eigenvalue weighted by molar-refractivity contribution is -0.134. The first-order chi connectivity index (χ1) is 9.67. The highest BCUT2D eigenvalue weighted by molar-refractivity contribution is 7.13. The summed E-state index contributed by atoms with van der Waals surface area (Å²) in [6.07, 6.45) is 6.44. The average molecular weight is 297 g/mol. The SMILES string of the molecule is CCCCCCN(CC(=O)Nc1nccs1)C(=O)CC. The number of hydrogen-bond acceptors (Lipinski definition) is 4. The Morgan fingerprint density at radius 1 is 1.30 bits per heavy atom. The van der Waals surface area contributed by atoms with Gasteiger partial charge in [0.05, 0.1) is 6.54 Å². The van der Waals surface area contributed by atoms with Gasteiger partial charge in [0.2, 0.25) is 11.8 Å². The van der Waals surface area contributed by atoms with E-state index in [1.165, 1.54) is 17.8 Å². The third-order valence-corrected chi connectivity index (χ3v) is 3.64. The molecule has 1 aromatic heterocycles. The number of thiazole rings is 1. The zero-order valence-corrected chi connectivity index (χ0v) is 13.0. The van der Waals surface area contributed by atoms with E-state index in [0.29, 0.717) is 18.1 Å². The summed E-state index contributed by atoms with van der Waals surface area (Å²) in [5.74, 6) is -0.159. The second kappa shape index (κ2) is 9.47. The lowest BCUT2D eigenvalue weighted by Gasteiger charge is -2.21. The molecule has 0 aliphatic heterocycles. The lowest BCUT2D eigenvalue weighted by Crippen LogP contribution is -2.38. The quantitative estimate of drug-likeness (QED) is 0.713. The first-order valence-corrected chi connectivity index (χ1v) is 8.02. The molecule has 112 valence electrons. The van der Waals surface area contributed by atoms with Crippen LogP contribution in [0.25, 0.3) is 0 Å². The van der Waals surface area contributed by atoms with E-state index in [-0.39, 0.29) is 18.4 Å². The normalized spacial score (nSPS) is 10.3. The monoisotopic (exact) mass is 297 g/mol. The molecule has 0 spiro atoms. The molecule has 0 saturated heterocycles. The summed E-state index contributed by atoms with van der Waals surface area (Å²) in [6.45, 7) is 4.73. The molecule has 1 aromatic rings. The second-order valence-electron chi connectivity index (χ2n) is 4.61. The van der Waals surface area contributed by atoms with Crippen molar-refractivity contribution in [1.82, 2.24) is 9.88 Å². The molecule has 20 heavy (non-hydrogen) atoms. The minimum absolute atomic E-state index is 0.0239. The van der Waals surface area contributed by atoms with Crippen molar-refractivity contribution in [1.29, 1.82) is 0 Å². The van der Waals surface area contributed by atoms with Gasteiger partial charge in [-0.05, 0) is 6.42 Å². The molecule has 0 bridgehead atoms. The molecule has 5 nitrogen and oxygen atoms in total. The smallest absolute Gasteiger partial charge is 0.245 e. The Balaban J connectivity index is 2.42. The molecule has 0 fully saturated rings. The number of nitrogens with one attached hydrogen (secondary N) is 1. The van der Waals surface area contributed by atoms with E-state index in [1.807, 2.05) is 6.92 Å². The Morgan fingerprint density at radius 3 is 2.70 bits per heavy atom. The van der Waals surface area contributed by atoms with E-state index in [9.17, 15) is 9.59 Å². The Labute approximate surface area is 124 Å². The Bertz CT molecular complexity index is 407. The van der Waals surface area contributed by atoms with Gasteiger partial charge in [0.25, 0.3) is 0 Å². The molecule has 0 aliphatic rings. The van der Waals surface area contributed by atoms with Crippen LogP contribution in [0.5, 0.6) is 0 Å². The van der Waals surface area contributed by atoms with Crippen molar-refractivity contribution in [3.05, 3.63) is 11.6 Å². The summed E-state index contributed by atoms with van der Waals surface area (Å²) < 4.78 is 0. The van der Waals surface area contributed by atoms with Crippen molar-refractivity contribution in [2.75, 3.05) is 18.4 Å². The molecular formula is C14H23N3O2S. The lowest BCUT2D eigenvalue weighted by atomic mass is 10.2. The summed E-state index contributed by atoms with van der Waals surface area (Å²) in [5, 5.41) is 5.08. The van der Waals surface area contributed by atoms with E-state index in [1.54, 1.807) is 16.5 Å². The fourth-order valence-corrected chi connectivity index (χ4v) is 2.41. The van der Waals surface area contributed by atoms with Crippen molar-refractivity contribution in [2.45, 2.75) is 46.0 Å². The topological polar surface area (TPSA) is 62.3 Å². The molecule has 0 radical (unpaired) electrons. The Morgan fingerprint density at radius 2 is 2.10 bits per heavy atom. The third kappa shape index (κ3) is 6.14. The number of nitrogens with zero attached hydrogens (tertiary/aromatic N) is 2. The zero-order valence-electron chi connectivity index (χ0n) is 12.2. The minimum Gasteiger partial charge on any atom is -0.333 e. The number of hydrogen-bond donors (Lipinski definition) is 1. The summed E-state index contributed by atoms with van der Waals surface area (Å²) in [6, 6.07) is 0. The van der Waals surface area contributed by atoms with Crippen LogP contribution in [-0.2, 0) is 9.59 Å². The number of unbranched alkanes of at least 4 members (excludes halogenated alkanes) is 3. The molecule has 6 heteroatoms. The molecule has 1 heterocycles. The zero-order chi connectivity index (χ0) is 14.8.